The van der Waals surface area contributed by atoms with E-state index in [1.54, 1.807) is 0 Å². The molecule has 72 valence electrons. The number of hydrogen-bond donors (Lipinski definition) is 5. The van der Waals surface area contributed by atoms with Crippen molar-refractivity contribution in [1.29, 1.82) is 0 Å². The average Bonchev–Trinajstić information content (AvgIpc) is 2.15. The van der Waals surface area contributed by atoms with E-state index < -0.39 is 37.5 Å². The van der Waals surface area contributed by atoms with Gasteiger partial charge in [0.2, 0.25) is 0 Å². The summed E-state index contributed by atoms with van der Waals surface area (Å²) >= 11 is 0. The molecule has 0 radical (unpaired) electrons. The van der Waals surface area contributed by atoms with Gasteiger partial charge in [-0.2, -0.15) is 0 Å². The molecule has 0 aliphatic rings. The molecule has 12 heavy (non-hydrogen) atoms. The van der Waals surface area contributed by atoms with Gasteiger partial charge in [0.1, 0.15) is 12.3 Å². The first-order chi connectivity index (χ1) is 7.78. The van der Waals surface area contributed by atoms with Crippen molar-refractivity contribution < 1.29 is 18.1 Å². The van der Waals surface area contributed by atoms with Gasteiger partial charge in [0.25, 0.3) is 0 Å². The third-order valence-corrected chi connectivity index (χ3v) is 0.785. The van der Waals surface area contributed by atoms with Gasteiger partial charge in [-0.25, -0.2) is 0 Å². The molecule has 6 heteroatoms. The molecule has 0 aliphatic carbocycles. The highest BCUT2D eigenvalue weighted by Crippen LogP contribution is 1.92. The predicted octanol–water partition coefficient (Wildman–Crippen LogP) is -2.03. The molecule has 0 heterocycles. The van der Waals surface area contributed by atoms with Gasteiger partial charge in [-0.3, -0.25) is 10.1 Å². The van der Waals surface area contributed by atoms with Crippen molar-refractivity contribution in [2.24, 2.45) is 17.2 Å². The molecule has 0 fully saturated rings. The SMILES string of the molecule is [2H][13CH](NC(N)N)C([2H])([2H])C([2H])([2H])C([2H])(N)C(=O)O. The summed E-state index contributed by atoms with van der Waals surface area (Å²) in [5.74, 6) is -2.05. The highest BCUT2D eigenvalue weighted by molar-refractivity contribution is 5.72. The molecule has 0 saturated heterocycles. The van der Waals surface area contributed by atoms with Crippen LogP contribution >= 0.6 is 0 Å². The maximum absolute atomic E-state index is 10.7. The third kappa shape index (κ3) is 6.05. The first-order valence-corrected chi connectivity index (χ1v) is 3.00. The fourth-order valence-electron chi connectivity index (χ4n) is 0.305. The van der Waals surface area contributed by atoms with Crippen LogP contribution in [-0.2, 0) is 4.79 Å². The van der Waals surface area contributed by atoms with E-state index >= 15 is 0 Å². The first-order valence-electron chi connectivity index (χ1n) is 6.08. The summed E-state index contributed by atoms with van der Waals surface area (Å²) in [6, 6.07) is -3.27. The Morgan fingerprint density at radius 2 is 2.25 bits per heavy atom. The molecule has 0 rings (SSSR count). The van der Waals surface area contributed by atoms with Crippen molar-refractivity contribution in [3.8, 4) is 0 Å². The normalized spacial score (nSPS) is 28.3. The van der Waals surface area contributed by atoms with E-state index in [4.69, 9.17) is 30.5 Å². The van der Waals surface area contributed by atoms with E-state index in [-0.39, 0.29) is 0 Å². The highest BCUT2D eigenvalue weighted by atomic mass is 16.4. The zero-order valence-electron chi connectivity index (χ0n) is 12.2. The number of carbonyl (C=O) groups is 1. The van der Waals surface area contributed by atoms with E-state index in [2.05, 4.69) is 0 Å². The maximum Gasteiger partial charge on any atom is 0.320 e. The molecule has 0 aromatic heterocycles. The lowest BCUT2D eigenvalue weighted by Gasteiger charge is -2.09. The van der Waals surface area contributed by atoms with Crippen LogP contribution in [0.4, 0.5) is 0 Å². The summed E-state index contributed by atoms with van der Waals surface area (Å²) < 4.78 is 44.2. The number of nitrogens with two attached hydrogens (primary N) is 3. The van der Waals surface area contributed by atoms with E-state index in [9.17, 15) is 4.79 Å². The number of nitrogens with one attached hydrogen (secondary N) is 1. The molecule has 0 saturated carbocycles. The molecule has 0 aliphatic heterocycles. The molecule has 0 aromatic carbocycles. The topological polar surface area (TPSA) is 127 Å². The monoisotopic (exact) mass is 183 g/mol. The quantitative estimate of drug-likeness (QED) is 0.239. The zero-order valence-corrected chi connectivity index (χ0v) is 6.24. The number of hydrogen-bond acceptors (Lipinski definition) is 5. The molecule has 8 N–H and O–H groups in total. The van der Waals surface area contributed by atoms with Crippen LogP contribution in [-0.4, -0.2) is 29.9 Å². The van der Waals surface area contributed by atoms with Crippen molar-refractivity contribution in [2.45, 2.75) is 25.1 Å². The summed E-state index contributed by atoms with van der Waals surface area (Å²) in [6.07, 6.45) is -7.78. The van der Waals surface area contributed by atoms with Crippen LogP contribution in [0.25, 0.3) is 0 Å². The van der Waals surface area contributed by atoms with Crippen LogP contribution in [0.2, 0.25) is 0 Å². The Bertz CT molecular complexity index is 323. The van der Waals surface area contributed by atoms with Crippen LogP contribution < -0.4 is 22.5 Å². The van der Waals surface area contributed by atoms with Gasteiger partial charge in [-0.05, 0) is 19.3 Å². The van der Waals surface area contributed by atoms with Gasteiger partial charge in [0.15, 0.2) is 0 Å². The van der Waals surface area contributed by atoms with Crippen LogP contribution in [0, 0.1) is 0 Å². The lowest BCUT2D eigenvalue weighted by molar-refractivity contribution is -0.138. The second-order valence-corrected chi connectivity index (χ2v) is 1.82. The molecule has 0 amide bonds. The first kappa shape index (κ1) is 4.52. The summed E-state index contributed by atoms with van der Waals surface area (Å²) in [4.78, 5) is 10.7. The Labute approximate surface area is 79.5 Å². The molecular weight excluding hydrogens is 161 g/mol. The van der Waals surface area contributed by atoms with Crippen molar-refractivity contribution in [3.63, 3.8) is 0 Å². The molecule has 0 aromatic rings. The van der Waals surface area contributed by atoms with Gasteiger partial charge in [0.05, 0.1) is 1.37 Å². The van der Waals surface area contributed by atoms with Gasteiger partial charge in [-0.1, -0.05) is 0 Å². The average molecular weight is 183 g/mol. The van der Waals surface area contributed by atoms with Gasteiger partial charge >= 0.3 is 5.97 Å². The Morgan fingerprint density at radius 1 is 1.67 bits per heavy atom. The molecule has 6 nitrogen and oxygen atoms in total. The van der Waals surface area contributed by atoms with Crippen LogP contribution in [0.3, 0.4) is 0 Å². The van der Waals surface area contributed by atoms with E-state index in [0.717, 1.165) is 0 Å². The van der Waals surface area contributed by atoms with Crippen LogP contribution in [0.5, 0.6) is 0 Å². The summed E-state index contributed by atoms with van der Waals surface area (Å²) in [6.45, 7) is -2.00. The summed E-state index contributed by atoms with van der Waals surface area (Å²) in [5, 5.41) is 10.6. The van der Waals surface area contributed by atoms with Crippen molar-refractivity contribution >= 4 is 5.97 Å². The lowest BCUT2D eigenvalue weighted by atomic mass is 10.2. The smallest absolute Gasteiger partial charge is 0.320 e. The van der Waals surface area contributed by atoms with E-state index in [1.165, 1.54) is 0 Å². The molecule has 0 spiro atoms. The number of aliphatic carboxylic acids is 1. The van der Waals surface area contributed by atoms with E-state index in [0.29, 0.717) is 0 Å². The fraction of sp³-hybridized carbons (Fsp3) is 0.833. The maximum atomic E-state index is 10.7. The van der Waals surface area contributed by atoms with Crippen LogP contribution in [0.15, 0.2) is 0 Å². The number of rotatable bonds is 6. The number of carboxylic acids is 1. The van der Waals surface area contributed by atoms with Crippen molar-refractivity contribution in [1.82, 2.24) is 5.32 Å². The number of carboxylic acid groups (broad SMARTS) is 1. The third-order valence-electron chi connectivity index (χ3n) is 0.785. The predicted molar refractivity (Wildman–Crippen MR) is 45.0 cm³/mol. The Morgan fingerprint density at radius 3 is 2.67 bits per heavy atom. The van der Waals surface area contributed by atoms with Crippen molar-refractivity contribution in [3.05, 3.63) is 0 Å². The fourth-order valence-corrected chi connectivity index (χ4v) is 0.305. The van der Waals surface area contributed by atoms with Gasteiger partial charge < -0.3 is 22.3 Å². The van der Waals surface area contributed by atoms with E-state index in [1.807, 2.05) is 5.32 Å². The van der Waals surface area contributed by atoms with Crippen molar-refractivity contribution in [2.75, 3.05) is 6.52 Å². The highest BCUT2D eigenvalue weighted by Gasteiger charge is 2.09. The second kappa shape index (κ2) is 5.90. The standard InChI is InChI=1S/C6H16N4O2/c7-4(5(11)12)2-1-3-10-6(8)9/h4,6,10H,1-3,7-9H2,(H,11,12)/i1D2,2D2,3+1D,4D. The molecule has 2 unspecified atom stereocenters. The summed E-state index contributed by atoms with van der Waals surface area (Å²) in [7, 11) is 0. The minimum atomic E-state index is -3.36. The molecular formula is C6H16N4O2. The second-order valence-electron chi connectivity index (χ2n) is 1.82. The largest absolute Gasteiger partial charge is 0.480 e. The Balaban J connectivity index is 5.37. The Kier molecular flexibility index (Phi) is 2.22. The minimum Gasteiger partial charge on any atom is -0.480 e. The minimum absolute atomic E-state index is 1.30. The molecule has 2 atom stereocenters. The molecule has 0 bridgehead atoms. The van der Waals surface area contributed by atoms with Gasteiger partial charge in [-0.15, -0.1) is 0 Å². The van der Waals surface area contributed by atoms with Crippen LogP contribution in [0.1, 0.15) is 21.0 Å². The van der Waals surface area contributed by atoms with Gasteiger partial charge in [0, 0.05) is 6.85 Å². The Hall–Kier alpha value is -0.690. The zero-order chi connectivity index (χ0) is 14.9. The lowest BCUT2D eigenvalue weighted by Crippen LogP contribution is -2.45. The summed E-state index contributed by atoms with van der Waals surface area (Å²) in [5.41, 5.74) is 15.1.